The molecule has 1 saturated heterocycles. The summed E-state index contributed by atoms with van der Waals surface area (Å²) >= 11 is 0. The maximum atomic E-state index is 13.7. The largest absolute Gasteiger partial charge is 0.465 e. The van der Waals surface area contributed by atoms with Crippen LogP contribution in [0.5, 0.6) is 0 Å². The summed E-state index contributed by atoms with van der Waals surface area (Å²) in [5.41, 5.74) is -1.17. The molecular formula is C23H25F3N2O6S. The maximum Gasteiger partial charge on any atom is 0.417 e. The van der Waals surface area contributed by atoms with Crippen molar-refractivity contribution in [2.45, 2.75) is 48.8 Å². The van der Waals surface area contributed by atoms with E-state index in [2.05, 4.69) is 15.0 Å². The Morgan fingerprint density at radius 1 is 1.23 bits per heavy atom. The van der Waals surface area contributed by atoms with Crippen LogP contribution in [0.2, 0.25) is 0 Å². The van der Waals surface area contributed by atoms with Crippen LogP contribution in [0.1, 0.15) is 53.1 Å². The van der Waals surface area contributed by atoms with E-state index in [0.717, 1.165) is 18.9 Å². The fourth-order valence-corrected chi connectivity index (χ4v) is 4.77. The number of alkyl halides is 3. The molecule has 0 bridgehead atoms. The number of methoxy groups -OCH3 is 1. The molecule has 12 heteroatoms. The number of rotatable bonds is 7. The van der Waals surface area contributed by atoms with Crippen molar-refractivity contribution in [3.63, 3.8) is 0 Å². The molecule has 8 nitrogen and oxygen atoms in total. The average molecular weight is 515 g/mol. The Bertz CT molecular complexity index is 1180. The average Bonchev–Trinajstić information content (AvgIpc) is 2.81. The summed E-state index contributed by atoms with van der Waals surface area (Å²) in [7, 11) is -2.95. The number of aromatic nitrogens is 1. The molecule has 1 aliphatic rings. The van der Waals surface area contributed by atoms with Crippen LogP contribution in [0.25, 0.3) is 0 Å². The lowest BCUT2D eigenvalue weighted by atomic mass is 9.89. The molecule has 1 aliphatic heterocycles. The number of amides is 1. The van der Waals surface area contributed by atoms with Gasteiger partial charge in [0, 0.05) is 19.1 Å². The van der Waals surface area contributed by atoms with Gasteiger partial charge in [0.15, 0.2) is 9.84 Å². The fraction of sp³-hybridized carbons (Fsp3) is 0.435. The third-order valence-corrected chi connectivity index (χ3v) is 6.79. The van der Waals surface area contributed by atoms with Crippen molar-refractivity contribution in [1.82, 2.24) is 4.98 Å². The van der Waals surface area contributed by atoms with Crippen LogP contribution in [-0.4, -0.2) is 51.4 Å². The zero-order chi connectivity index (χ0) is 25.8. The Balaban J connectivity index is 1.96. The quantitative estimate of drug-likeness (QED) is 0.557. The van der Waals surface area contributed by atoms with Gasteiger partial charge in [-0.25, -0.2) is 18.2 Å². The van der Waals surface area contributed by atoms with Crippen molar-refractivity contribution in [3.05, 3.63) is 53.2 Å². The molecular weight excluding hydrogens is 489 g/mol. The molecule has 0 radical (unpaired) electrons. The van der Waals surface area contributed by atoms with Gasteiger partial charge in [-0.3, -0.25) is 4.79 Å². The number of pyridine rings is 1. The highest BCUT2D eigenvalue weighted by Gasteiger charge is 2.38. The molecule has 0 aliphatic carbocycles. The van der Waals surface area contributed by atoms with Crippen LogP contribution in [0.4, 0.5) is 19.0 Å². The van der Waals surface area contributed by atoms with Crippen LogP contribution in [0.3, 0.4) is 0 Å². The smallest absolute Gasteiger partial charge is 0.417 e. The van der Waals surface area contributed by atoms with Crippen LogP contribution in [0, 0.1) is 0 Å². The van der Waals surface area contributed by atoms with Crippen molar-refractivity contribution >= 4 is 27.5 Å². The number of ether oxygens (including phenoxy) is 2. The van der Waals surface area contributed by atoms with Gasteiger partial charge in [-0.15, -0.1) is 0 Å². The van der Waals surface area contributed by atoms with Crippen molar-refractivity contribution in [3.8, 4) is 0 Å². The summed E-state index contributed by atoms with van der Waals surface area (Å²) in [6.45, 7) is 0.483. The van der Waals surface area contributed by atoms with Crippen molar-refractivity contribution in [1.29, 1.82) is 0 Å². The summed E-state index contributed by atoms with van der Waals surface area (Å²) in [6.07, 6.45) is -0.947. The van der Waals surface area contributed by atoms with Crippen LogP contribution in [0.15, 0.2) is 41.4 Å². The first-order chi connectivity index (χ1) is 16.4. The number of benzene rings is 1. The number of anilines is 1. The lowest BCUT2D eigenvalue weighted by molar-refractivity contribution is -0.140. The predicted octanol–water partition coefficient (Wildman–Crippen LogP) is 3.97. The van der Waals surface area contributed by atoms with E-state index in [4.69, 9.17) is 4.74 Å². The van der Waals surface area contributed by atoms with Crippen molar-refractivity contribution in [2.24, 2.45) is 0 Å². The number of esters is 1. The van der Waals surface area contributed by atoms with Crippen molar-refractivity contribution < 1.29 is 40.7 Å². The highest BCUT2D eigenvalue weighted by atomic mass is 32.2. The predicted molar refractivity (Wildman–Crippen MR) is 120 cm³/mol. The van der Waals surface area contributed by atoms with Gasteiger partial charge in [-0.05, 0) is 55.5 Å². The molecule has 2 aromatic rings. The zero-order valence-corrected chi connectivity index (χ0v) is 19.9. The molecule has 0 saturated carbocycles. The molecule has 2 unspecified atom stereocenters. The van der Waals surface area contributed by atoms with Gasteiger partial charge in [0.2, 0.25) is 5.91 Å². The molecule has 1 aromatic heterocycles. The van der Waals surface area contributed by atoms with E-state index in [9.17, 15) is 31.2 Å². The highest BCUT2D eigenvalue weighted by Crippen LogP contribution is 2.37. The Morgan fingerprint density at radius 3 is 2.51 bits per heavy atom. The SMILES string of the molecule is COC(=O)c1ccc(NC(=O)C(CC2CCCCO2)c2ccc(S(C)(=O)=O)c(C(F)(F)F)c2)nc1. The standard InChI is InChI=1S/C23H25F3N2O6S/c1-33-22(30)15-7-9-20(27-13-15)28-21(29)17(12-16-5-3-4-10-34-16)14-6-8-19(35(2,31)32)18(11-14)23(24,25)26/h6-9,11,13,16-17H,3-5,10,12H2,1-2H3,(H,27,28,29). The summed E-state index contributed by atoms with van der Waals surface area (Å²) < 4.78 is 75.3. The molecule has 190 valence electrons. The Morgan fingerprint density at radius 2 is 1.97 bits per heavy atom. The summed E-state index contributed by atoms with van der Waals surface area (Å²) in [5, 5.41) is 2.56. The third kappa shape index (κ3) is 6.79. The first kappa shape index (κ1) is 26.6. The number of carbonyl (C=O) groups is 2. The van der Waals surface area contributed by atoms with E-state index in [1.807, 2.05) is 0 Å². The fourth-order valence-electron chi connectivity index (χ4n) is 3.88. The lowest BCUT2D eigenvalue weighted by Gasteiger charge is -2.27. The number of hydrogen-bond donors (Lipinski definition) is 1. The van der Waals surface area contributed by atoms with E-state index in [1.54, 1.807) is 0 Å². The number of nitrogens with zero attached hydrogens (tertiary/aromatic N) is 1. The Kier molecular flexibility index (Phi) is 8.16. The second kappa shape index (κ2) is 10.7. The summed E-state index contributed by atoms with van der Waals surface area (Å²) in [4.78, 5) is 27.9. The molecule has 1 N–H and O–H groups in total. The van der Waals surface area contributed by atoms with Crippen LogP contribution in [-0.2, 0) is 30.3 Å². The van der Waals surface area contributed by atoms with E-state index in [1.165, 1.54) is 31.5 Å². The molecule has 3 rings (SSSR count). The topological polar surface area (TPSA) is 112 Å². The lowest BCUT2D eigenvalue weighted by Crippen LogP contribution is -2.29. The van der Waals surface area contributed by atoms with Gasteiger partial charge in [-0.1, -0.05) is 6.07 Å². The second-order valence-corrected chi connectivity index (χ2v) is 10.2. The number of nitrogens with one attached hydrogen (secondary N) is 1. The first-order valence-corrected chi connectivity index (χ1v) is 12.7. The maximum absolute atomic E-state index is 13.7. The minimum atomic E-state index is -4.94. The van der Waals surface area contributed by atoms with Crippen molar-refractivity contribution in [2.75, 3.05) is 25.3 Å². The minimum absolute atomic E-state index is 0.00239. The molecule has 0 spiro atoms. The molecule has 1 amide bonds. The van der Waals surface area contributed by atoms with Gasteiger partial charge in [0.05, 0.1) is 35.2 Å². The normalized spacial score (nSPS) is 17.5. The molecule has 1 fully saturated rings. The molecule has 1 aromatic carbocycles. The van der Waals surface area contributed by atoms with E-state index in [-0.39, 0.29) is 29.5 Å². The number of sulfone groups is 1. The van der Waals surface area contributed by atoms with Gasteiger partial charge >= 0.3 is 12.1 Å². The zero-order valence-electron chi connectivity index (χ0n) is 19.1. The summed E-state index contributed by atoms with van der Waals surface area (Å²) in [5.74, 6) is -2.25. The monoisotopic (exact) mass is 514 g/mol. The second-order valence-electron chi connectivity index (χ2n) is 8.22. The van der Waals surface area contributed by atoms with Crippen LogP contribution >= 0.6 is 0 Å². The molecule has 2 atom stereocenters. The van der Waals surface area contributed by atoms with E-state index >= 15 is 0 Å². The molecule has 35 heavy (non-hydrogen) atoms. The Hall–Kier alpha value is -2.99. The number of halogens is 3. The van der Waals surface area contributed by atoms with Crippen LogP contribution < -0.4 is 5.32 Å². The number of carbonyl (C=O) groups excluding carboxylic acids is 2. The van der Waals surface area contributed by atoms with Gasteiger partial charge in [0.25, 0.3) is 0 Å². The van der Waals surface area contributed by atoms with Gasteiger partial charge in [0.1, 0.15) is 5.82 Å². The van der Waals surface area contributed by atoms with Gasteiger partial charge in [-0.2, -0.15) is 13.2 Å². The molecule has 2 heterocycles. The van der Waals surface area contributed by atoms with E-state index in [0.29, 0.717) is 25.3 Å². The summed E-state index contributed by atoms with van der Waals surface area (Å²) in [6, 6.07) is 5.55. The van der Waals surface area contributed by atoms with Gasteiger partial charge < -0.3 is 14.8 Å². The highest BCUT2D eigenvalue weighted by molar-refractivity contribution is 7.90. The Labute approximate surface area is 200 Å². The minimum Gasteiger partial charge on any atom is -0.465 e. The number of hydrogen-bond acceptors (Lipinski definition) is 7. The first-order valence-electron chi connectivity index (χ1n) is 10.8. The van der Waals surface area contributed by atoms with E-state index < -0.39 is 44.3 Å². The third-order valence-electron chi connectivity index (χ3n) is 5.64.